The molecular formula is C15H18N4O2S2. The number of nitrogen functional groups attached to an aromatic ring is 1. The van der Waals surface area contributed by atoms with Crippen molar-refractivity contribution in [3.8, 4) is 0 Å². The zero-order chi connectivity index (χ0) is 16.3. The van der Waals surface area contributed by atoms with Gasteiger partial charge >= 0.3 is 0 Å². The van der Waals surface area contributed by atoms with Crippen LogP contribution in [-0.2, 0) is 10.0 Å². The quantitative estimate of drug-likeness (QED) is 0.911. The van der Waals surface area contributed by atoms with E-state index in [4.69, 9.17) is 5.73 Å². The fourth-order valence-electron chi connectivity index (χ4n) is 2.44. The van der Waals surface area contributed by atoms with Gasteiger partial charge in [0.05, 0.1) is 4.90 Å². The molecule has 0 unspecified atom stereocenters. The number of benzene rings is 1. The lowest BCUT2D eigenvalue weighted by Gasteiger charge is -2.25. The Morgan fingerprint density at radius 3 is 2.26 bits per heavy atom. The van der Waals surface area contributed by atoms with E-state index in [0.29, 0.717) is 28.8 Å². The second kappa shape index (κ2) is 6.86. The molecule has 122 valence electrons. The summed E-state index contributed by atoms with van der Waals surface area (Å²) in [5.41, 5.74) is 5.50. The van der Waals surface area contributed by atoms with Gasteiger partial charge in [0.25, 0.3) is 0 Å². The Morgan fingerprint density at radius 2 is 1.65 bits per heavy atom. The van der Waals surface area contributed by atoms with Crippen molar-refractivity contribution >= 4 is 27.6 Å². The van der Waals surface area contributed by atoms with Crippen molar-refractivity contribution in [2.45, 2.75) is 34.1 Å². The molecule has 1 saturated heterocycles. The van der Waals surface area contributed by atoms with Crippen molar-refractivity contribution in [3.05, 3.63) is 36.4 Å². The monoisotopic (exact) mass is 350 g/mol. The largest absolute Gasteiger partial charge is 0.382 e. The Labute approximate surface area is 140 Å². The van der Waals surface area contributed by atoms with E-state index in [1.807, 2.05) is 0 Å². The molecular weight excluding hydrogens is 332 g/mol. The molecule has 1 aromatic carbocycles. The van der Waals surface area contributed by atoms with E-state index >= 15 is 0 Å². The third kappa shape index (κ3) is 3.82. The van der Waals surface area contributed by atoms with Gasteiger partial charge in [-0.1, -0.05) is 18.2 Å². The molecule has 3 rings (SSSR count). The predicted octanol–water partition coefficient (Wildman–Crippen LogP) is 2.38. The average Bonchev–Trinajstić information content (AvgIpc) is 2.58. The maximum atomic E-state index is 12.6. The summed E-state index contributed by atoms with van der Waals surface area (Å²) in [6, 6.07) is 10.4. The molecule has 1 fully saturated rings. The average molecular weight is 350 g/mol. The van der Waals surface area contributed by atoms with Gasteiger partial charge in [-0.15, -0.1) is 10.2 Å². The molecule has 0 radical (unpaired) electrons. The highest BCUT2D eigenvalue weighted by Crippen LogP contribution is 2.28. The van der Waals surface area contributed by atoms with Gasteiger partial charge < -0.3 is 5.73 Å². The van der Waals surface area contributed by atoms with E-state index in [9.17, 15) is 8.42 Å². The predicted molar refractivity (Wildman–Crippen MR) is 89.6 cm³/mol. The van der Waals surface area contributed by atoms with Crippen molar-refractivity contribution in [3.63, 3.8) is 0 Å². The third-order valence-corrected chi connectivity index (χ3v) is 6.51. The van der Waals surface area contributed by atoms with Crippen LogP contribution in [0.4, 0.5) is 5.82 Å². The maximum Gasteiger partial charge on any atom is 0.243 e. The Balaban J connectivity index is 1.74. The Hall–Kier alpha value is -1.64. The van der Waals surface area contributed by atoms with Crippen molar-refractivity contribution in [1.29, 1.82) is 0 Å². The van der Waals surface area contributed by atoms with Gasteiger partial charge in [0, 0.05) is 18.0 Å². The first-order valence-electron chi connectivity index (χ1n) is 7.43. The van der Waals surface area contributed by atoms with E-state index in [1.54, 1.807) is 40.7 Å². The second-order valence-electron chi connectivity index (χ2n) is 5.33. The summed E-state index contributed by atoms with van der Waals surface area (Å²) in [5.74, 6) is 0.373. The number of hydrogen-bond acceptors (Lipinski definition) is 6. The standard InChI is InChI=1S/C15H18N4O2S2/c16-14-8-9-15(18-17-14)22-12-4-6-13(7-5-12)23(20,21)19-10-2-1-3-11-19/h4-9H,1-3,10-11H2,(H2,16,17). The molecule has 0 spiro atoms. The van der Waals surface area contributed by atoms with Gasteiger partial charge in [-0.2, -0.15) is 4.31 Å². The summed E-state index contributed by atoms with van der Waals surface area (Å²) in [5, 5.41) is 8.49. The van der Waals surface area contributed by atoms with Crippen LogP contribution in [0, 0.1) is 0 Å². The van der Waals surface area contributed by atoms with E-state index < -0.39 is 10.0 Å². The molecule has 6 nitrogen and oxygen atoms in total. The molecule has 1 aliphatic heterocycles. The lowest BCUT2D eigenvalue weighted by Crippen LogP contribution is -2.35. The van der Waals surface area contributed by atoms with Gasteiger partial charge in [0.2, 0.25) is 10.0 Å². The number of aromatic nitrogens is 2. The minimum absolute atomic E-state index is 0.340. The van der Waals surface area contributed by atoms with E-state index in [2.05, 4.69) is 10.2 Å². The van der Waals surface area contributed by atoms with Gasteiger partial charge in [0.1, 0.15) is 10.8 Å². The molecule has 2 aromatic rings. The number of rotatable bonds is 4. The number of nitrogens with two attached hydrogens (primary N) is 1. The lowest BCUT2D eigenvalue weighted by atomic mass is 10.2. The third-order valence-electron chi connectivity index (χ3n) is 3.66. The summed E-state index contributed by atoms with van der Waals surface area (Å²) < 4.78 is 26.7. The van der Waals surface area contributed by atoms with Crippen LogP contribution in [0.2, 0.25) is 0 Å². The fourth-order valence-corrected chi connectivity index (χ4v) is 4.69. The maximum absolute atomic E-state index is 12.6. The highest BCUT2D eigenvalue weighted by molar-refractivity contribution is 7.99. The topological polar surface area (TPSA) is 89.2 Å². The molecule has 2 heterocycles. The Kier molecular flexibility index (Phi) is 4.84. The van der Waals surface area contributed by atoms with Crippen LogP contribution in [0.1, 0.15) is 19.3 Å². The molecule has 0 atom stereocenters. The number of nitrogens with zero attached hydrogens (tertiary/aromatic N) is 3. The van der Waals surface area contributed by atoms with Gasteiger partial charge in [-0.25, -0.2) is 8.42 Å². The summed E-state index contributed by atoms with van der Waals surface area (Å²) in [6.07, 6.45) is 2.97. The normalized spacial score (nSPS) is 16.3. The minimum atomic E-state index is -3.38. The van der Waals surface area contributed by atoms with Crippen molar-refractivity contribution in [1.82, 2.24) is 14.5 Å². The van der Waals surface area contributed by atoms with E-state index in [-0.39, 0.29) is 0 Å². The van der Waals surface area contributed by atoms with Crippen LogP contribution in [0.25, 0.3) is 0 Å². The molecule has 0 bridgehead atoms. The van der Waals surface area contributed by atoms with Crippen LogP contribution in [0.5, 0.6) is 0 Å². The summed E-state index contributed by atoms with van der Waals surface area (Å²) in [7, 11) is -3.38. The summed E-state index contributed by atoms with van der Waals surface area (Å²) >= 11 is 1.41. The Morgan fingerprint density at radius 1 is 0.957 bits per heavy atom. The molecule has 0 amide bonds. The summed E-state index contributed by atoms with van der Waals surface area (Å²) in [4.78, 5) is 1.24. The van der Waals surface area contributed by atoms with Crippen LogP contribution < -0.4 is 5.73 Å². The molecule has 0 aliphatic carbocycles. The van der Waals surface area contributed by atoms with Gasteiger partial charge in [0.15, 0.2) is 0 Å². The molecule has 0 saturated carbocycles. The van der Waals surface area contributed by atoms with Crippen LogP contribution in [0.3, 0.4) is 0 Å². The molecule has 2 N–H and O–H groups in total. The lowest BCUT2D eigenvalue weighted by molar-refractivity contribution is 0.346. The fraction of sp³-hybridized carbons (Fsp3) is 0.333. The van der Waals surface area contributed by atoms with Crippen molar-refractivity contribution in [2.75, 3.05) is 18.8 Å². The molecule has 23 heavy (non-hydrogen) atoms. The number of piperidine rings is 1. The Bertz CT molecular complexity index is 755. The smallest absolute Gasteiger partial charge is 0.243 e. The van der Waals surface area contributed by atoms with Crippen LogP contribution >= 0.6 is 11.8 Å². The number of sulfonamides is 1. The SMILES string of the molecule is Nc1ccc(Sc2ccc(S(=O)(=O)N3CCCCC3)cc2)nn1. The minimum Gasteiger partial charge on any atom is -0.382 e. The second-order valence-corrected chi connectivity index (χ2v) is 8.37. The number of hydrogen-bond donors (Lipinski definition) is 1. The highest BCUT2D eigenvalue weighted by Gasteiger charge is 2.25. The first-order chi connectivity index (χ1) is 11.1. The van der Waals surface area contributed by atoms with Crippen molar-refractivity contribution < 1.29 is 8.42 Å². The summed E-state index contributed by atoms with van der Waals surface area (Å²) in [6.45, 7) is 1.22. The molecule has 1 aliphatic rings. The highest BCUT2D eigenvalue weighted by atomic mass is 32.2. The molecule has 1 aromatic heterocycles. The van der Waals surface area contributed by atoms with Crippen molar-refractivity contribution in [2.24, 2.45) is 0 Å². The van der Waals surface area contributed by atoms with Gasteiger partial charge in [-0.3, -0.25) is 0 Å². The zero-order valence-corrected chi connectivity index (χ0v) is 14.2. The van der Waals surface area contributed by atoms with Crippen LogP contribution in [-0.4, -0.2) is 36.0 Å². The first kappa shape index (κ1) is 16.2. The van der Waals surface area contributed by atoms with Crippen LogP contribution in [0.15, 0.2) is 51.2 Å². The number of anilines is 1. The van der Waals surface area contributed by atoms with E-state index in [0.717, 1.165) is 24.2 Å². The van der Waals surface area contributed by atoms with Gasteiger partial charge in [-0.05, 0) is 49.2 Å². The zero-order valence-electron chi connectivity index (χ0n) is 12.6. The first-order valence-corrected chi connectivity index (χ1v) is 9.69. The van der Waals surface area contributed by atoms with E-state index in [1.165, 1.54) is 11.8 Å². The molecule has 8 heteroatoms.